The molecule has 8 heteroatoms. The molecule has 2 amide bonds. The molecule has 176 valence electrons. The van der Waals surface area contributed by atoms with Crippen molar-refractivity contribution in [2.24, 2.45) is 0 Å². The fraction of sp³-hybridized carbons (Fsp3) is 0.192. The highest BCUT2D eigenvalue weighted by atomic mass is 79.9. The number of hydrogen-bond acceptors (Lipinski definition) is 4. The minimum Gasteiger partial charge on any atom is -0.493 e. The minimum absolute atomic E-state index is 0.117. The molecule has 6 nitrogen and oxygen atoms in total. The predicted molar refractivity (Wildman–Crippen MR) is 144 cm³/mol. The van der Waals surface area contributed by atoms with Crippen LogP contribution in [-0.2, 0) is 0 Å². The Labute approximate surface area is 213 Å². The first-order valence-corrected chi connectivity index (χ1v) is 12.1. The lowest BCUT2D eigenvalue weighted by Gasteiger charge is -2.21. The van der Waals surface area contributed by atoms with Gasteiger partial charge in [-0.15, -0.1) is 0 Å². The van der Waals surface area contributed by atoms with Gasteiger partial charge in [0, 0.05) is 28.0 Å². The van der Waals surface area contributed by atoms with Crippen molar-refractivity contribution in [3.8, 4) is 5.75 Å². The number of nitrogens with zero attached hydrogens (tertiary/aromatic N) is 1. The van der Waals surface area contributed by atoms with E-state index in [-0.39, 0.29) is 11.0 Å². The van der Waals surface area contributed by atoms with Crippen molar-refractivity contribution in [2.45, 2.75) is 20.3 Å². The molecule has 2 N–H and O–H groups in total. The molecule has 3 aromatic carbocycles. The average Bonchev–Trinajstić information content (AvgIpc) is 2.84. The Bertz CT molecular complexity index is 1170. The summed E-state index contributed by atoms with van der Waals surface area (Å²) < 4.78 is 6.44. The van der Waals surface area contributed by atoms with E-state index in [1.54, 1.807) is 41.3 Å². The number of thiocarbonyl (C=S) groups is 1. The van der Waals surface area contributed by atoms with Crippen LogP contribution in [0.15, 0.2) is 77.3 Å². The molecule has 0 aliphatic heterocycles. The summed E-state index contributed by atoms with van der Waals surface area (Å²) in [5.74, 6) is -0.0314. The van der Waals surface area contributed by atoms with E-state index in [2.05, 4.69) is 26.6 Å². The second kappa shape index (κ2) is 12.3. The van der Waals surface area contributed by atoms with Crippen LogP contribution < -0.4 is 20.3 Å². The van der Waals surface area contributed by atoms with Crippen LogP contribution in [0, 0.1) is 0 Å². The quantitative estimate of drug-likeness (QED) is 0.342. The molecule has 0 atom stereocenters. The zero-order valence-corrected chi connectivity index (χ0v) is 21.4. The maximum Gasteiger partial charge on any atom is 0.261 e. The molecule has 3 aromatic rings. The topological polar surface area (TPSA) is 70.7 Å². The fourth-order valence-corrected chi connectivity index (χ4v) is 3.86. The molecule has 34 heavy (non-hydrogen) atoms. The Balaban J connectivity index is 1.71. The second-order valence-electron chi connectivity index (χ2n) is 7.36. The van der Waals surface area contributed by atoms with Gasteiger partial charge in [-0.25, -0.2) is 0 Å². The van der Waals surface area contributed by atoms with Gasteiger partial charge in [0.1, 0.15) is 5.75 Å². The van der Waals surface area contributed by atoms with Gasteiger partial charge < -0.3 is 15.0 Å². The summed E-state index contributed by atoms with van der Waals surface area (Å²) in [6.45, 7) is 4.96. The number of benzene rings is 3. The first kappa shape index (κ1) is 25.4. The van der Waals surface area contributed by atoms with Crippen LogP contribution in [0.5, 0.6) is 5.75 Å². The molecule has 0 aromatic heterocycles. The second-order valence-corrected chi connectivity index (χ2v) is 8.69. The van der Waals surface area contributed by atoms with E-state index in [1.807, 2.05) is 50.2 Å². The summed E-state index contributed by atoms with van der Waals surface area (Å²) in [5.41, 5.74) is 2.30. The SMILES string of the molecule is CCCOc1ccc(Br)cc1C(=O)NC(=S)Nc1cccc(C(=O)N(CC)c2ccccc2)c1. The molecule has 0 aliphatic rings. The van der Waals surface area contributed by atoms with Gasteiger partial charge in [-0.1, -0.05) is 47.1 Å². The summed E-state index contributed by atoms with van der Waals surface area (Å²) in [7, 11) is 0. The molecule has 0 saturated carbocycles. The molecule has 3 rings (SSSR count). The van der Waals surface area contributed by atoms with Crippen LogP contribution in [0.25, 0.3) is 0 Å². The predicted octanol–water partition coefficient (Wildman–Crippen LogP) is 6.03. The van der Waals surface area contributed by atoms with Crippen molar-refractivity contribution in [1.82, 2.24) is 5.32 Å². The number of hydrogen-bond donors (Lipinski definition) is 2. The van der Waals surface area contributed by atoms with Crippen LogP contribution in [-0.4, -0.2) is 30.1 Å². The van der Waals surface area contributed by atoms with Crippen LogP contribution in [0.3, 0.4) is 0 Å². The van der Waals surface area contributed by atoms with Crippen LogP contribution in [0.4, 0.5) is 11.4 Å². The zero-order chi connectivity index (χ0) is 24.5. The van der Waals surface area contributed by atoms with E-state index in [0.29, 0.717) is 35.7 Å². The van der Waals surface area contributed by atoms with Gasteiger partial charge in [-0.05, 0) is 74.1 Å². The molecule has 0 bridgehead atoms. The third-order valence-corrected chi connectivity index (χ3v) is 5.57. The number of halogens is 1. The molecule has 0 heterocycles. The van der Waals surface area contributed by atoms with Gasteiger partial charge in [-0.3, -0.25) is 14.9 Å². The maximum atomic E-state index is 13.1. The minimum atomic E-state index is -0.390. The third-order valence-electron chi connectivity index (χ3n) is 4.87. The lowest BCUT2D eigenvalue weighted by molar-refractivity contribution is 0.0969. The van der Waals surface area contributed by atoms with Gasteiger partial charge >= 0.3 is 0 Å². The summed E-state index contributed by atoms with van der Waals surface area (Å²) in [5, 5.41) is 5.79. The van der Waals surface area contributed by atoms with Gasteiger partial charge in [0.15, 0.2) is 5.11 Å². The molecular formula is C26H26BrN3O3S. The lowest BCUT2D eigenvalue weighted by atomic mass is 10.1. The van der Waals surface area contributed by atoms with E-state index >= 15 is 0 Å². The summed E-state index contributed by atoms with van der Waals surface area (Å²) >= 11 is 8.73. The molecular weight excluding hydrogens is 514 g/mol. The van der Waals surface area contributed by atoms with Crippen LogP contribution in [0.2, 0.25) is 0 Å². The van der Waals surface area contributed by atoms with Crippen molar-refractivity contribution in [2.75, 3.05) is 23.4 Å². The van der Waals surface area contributed by atoms with E-state index in [4.69, 9.17) is 17.0 Å². The van der Waals surface area contributed by atoms with E-state index in [0.717, 1.165) is 16.6 Å². The highest BCUT2D eigenvalue weighted by molar-refractivity contribution is 9.10. The Kier molecular flexibility index (Phi) is 9.18. The molecule has 0 spiro atoms. The van der Waals surface area contributed by atoms with Crippen LogP contribution in [0.1, 0.15) is 41.0 Å². The number of amides is 2. The summed E-state index contributed by atoms with van der Waals surface area (Å²) in [4.78, 5) is 27.7. The number of para-hydroxylation sites is 1. The van der Waals surface area contributed by atoms with E-state index < -0.39 is 5.91 Å². The van der Waals surface area contributed by atoms with Crippen molar-refractivity contribution in [1.29, 1.82) is 0 Å². The van der Waals surface area contributed by atoms with Crippen molar-refractivity contribution < 1.29 is 14.3 Å². The third kappa shape index (κ3) is 6.65. The molecule has 0 unspecified atom stereocenters. The van der Waals surface area contributed by atoms with E-state index in [9.17, 15) is 9.59 Å². The normalized spacial score (nSPS) is 10.3. The van der Waals surface area contributed by atoms with Gasteiger partial charge in [0.2, 0.25) is 0 Å². The largest absolute Gasteiger partial charge is 0.493 e. The zero-order valence-electron chi connectivity index (χ0n) is 19.0. The summed E-state index contributed by atoms with van der Waals surface area (Å²) in [6, 6.07) is 21.8. The van der Waals surface area contributed by atoms with Crippen molar-refractivity contribution >= 4 is 56.4 Å². The van der Waals surface area contributed by atoms with Gasteiger partial charge in [0.05, 0.1) is 12.2 Å². The monoisotopic (exact) mass is 539 g/mol. The van der Waals surface area contributed by atoms with E-state index in [1.165, 1.54) is 0 Å². The highest BCUT2D eigenvalue weighted by Gasteiger charge is 2.18. The van der Waals surface area contributed by atoms with Gasteiger partial charge in [0.25, 0.3) is 11.8 Å². The first-order valence-electron chi connectivity index (χ1n) is 10.9. The fourth-order valence-electron chi connectivity index (χ4n) is 3.29. The Morgan fingerprint density at radius 2 is 1.76 bits per heavy atom. The number of nitrogens with one attached hydrogen (secondary N) is 2. The Morgan fingerprint density at radius 1 is 1.00 bits per heavy atom. The van der Waals surface area contributed by atoms with Crippen molar-refractivity contribution in [3.63, 3.8) is 0 Å². The number of rotatable bonds is 8. The van der Waals surface area contributed by atoms with Gasteiger partial charge in [-0.2, -0.15) is 0 Å². The summed E-state index contributed by atoms with van der Waals surface area (Å²) in [6.07, 6.45) is 0.825. The number of carbonyl (C=O) groups is 2. The molecule has 0 radical (unpaired) electrons. The van der Waals surface area contributed by atoms with Crippen molar-refractivity contribution in [3.05, 3.63) is 88.4 Å². The first-order chi connectivity index (χ1) is 16.4. The highest BCUT2D eigenvalue weighted by Crippen LogP contribution is 2.24. The smallest absolute Gasteiger partial charge is 0.261 e. The van der Waals surface area contributed by atoms with Crippen LogP contribution >= 0.6 is 28.1 Å². The maximum absolute atomic E-state index is 13.1. The molecule has 0 aliphatic carbocycles. The molecule has 0 fully saturated rings. The number of anilines is 2. The standard InChI is InChI=1S/C26H26BrN3O3S/c1-3-15-33-23-14-13-19(27)17-22(23)24(31)29-26(34)28-20-10-8-9-18(16-20)25(32)30(4-2)21-11-6-5-7-12-21/h5-14,16-17H,3-4,15H2,1-2H3,(H2,28,29,31,34). The number of ether oxygens (including phenoxy) is 1. The Morgan fingerprint density at radius 3 is 2.47 bits per heavy atom. The lowest BCUT2D eigenvalue weighted by Crippen LogP contribution is -2.34. The average molecular weight is 540 g/mol. The number of carbonyl (C=O) groups excluding carboxylic acids is 2. The Hall–Kier alpha value is -3.23. The molecule has 0 saturated heterocycles.